The van der Waals surface area contributed by atoms with E-state index in [1.54, 1.807) is 18.3 Å². The molecule has 3 heterocycles. The summed E-state index contributed by atoms with van der Waals surface area (Å²) in [5.41, 5.74) is 3.52. The lowest BCUT2D eigenvalue weighted by atomic mass is 10.0. The SMILES string of the molecule is C=C(Cc1ccc(-c2cnc3[nH]c(C4CC4)cc3c2)cc1F)Nc1cncc(C(F)(F)F)c1. The number of nitrogens with zero attached hydrogens (tertiary/aromatic N) is 2. The first kappa shape index (κ1) is 21.2. The molecule has 0 bridgehead atoms. The van der Waals surface area contributed by atoms with Crippen LogP contribution in [0.5, 0.6) is 0 Å². The first-order chi connectivity index (χ1) is 15.8. The van der Waals surface area contributed by atoms with E-state index in [0.717, 1.165) is 28.9 Å². The van der Waals surface area contributed by atoms with Crippen molar-refractivity contribution in [2.24, 2.45) is 0 Å². The van der Waals surface area contributed by atoms with E-state index >= 15 is 0 Å². The van der Waals surface area contributed by atoms with E-state index in [9.17, 15) is 17.6 Å². The molecule has 33 heavy (non-hydrogen) atoms. The summed E-state index contributed by atoms with van der Waals surface area (Å²) in [6.07, 6.45) is 1.73. The van der Waals surface area contributed by atoms with Gasteiger partial charge < -0.3 is 10.3 Å². The second-order valence-electron chi connectivity index (χ2n) is 8.33. The quantitative estimate of drug-likeness (QED) is 0.315. The van der Waals surface area contributed by atoms with E-state index in [4.69, 9.17) is 0 Å². The minimum Gasteiger partial charge on any atom is -0.358 e. The van der Waals surface area contributed by atoms with Crippen molar-refractivity contribution in [1.29, 1.82) is 0 Å². The van der Waals surface area contributed by atoms with Gasteiger partial charge in [0.2, 0.25) is 0 Å². The van der Waals surface area contributed by atoms with Gasteiger partial charge in [0, 0.05) is 41.2 Å². The fourth-order valence-corrected chi connectivity index (χ4v) is 3.82. The maximum absolute atomic E-state index is 14.8. The maximum Gasteiger partial charge on any atom is 0.417 e. The number of rotatable bonds is 6. The molecular formula is C25H20F4N4. The summed E-state index contributed by atoms with van der Waals surface area (Å²) >= 11 is 0. The van der Waals surface area contributed by atoms with Gasteiger partial charge in [0.15, 0.2) is 0 Å². The standard InChI is InChI=1S/C25H20F4N4/c1-14(32-21-10-20(12-30-13-21)25(27,28)29)6-17-5-4-16(8-22(17)26)19-7-18-9-23(15-2-3-15)33-24(18)31-11-19/h4-5,7-13,15,32H,1-3,6H2,(H,31,33). The number of allylic oxidation sites excluding steroid dienone is 1. The molecule has 0 aliphatic heterocycles. The maximum atomic E-state index is 14.8. The molecule has 0 spiro atoms. The Bertz CT molecular complexity index is 1350. The Hall–Kier alpha value is -3.68. The average molecular weight is 452 g/mol. The molecule has 2 N–H and O–H groups in total. The highest BCUT2D eigenvalue weighted by molar-refractivity contribution is 5.82. The molecule has 0 atom stereocenters. The fourth-order valence-electron chi connectivity index (χ4n) is 3.82. The van der Waals surface area contributed by atoms with Gasteiger partial charge in [-0.15, -0.1) is 0 Å². The predicted octanol–water partition coefficient (Wildman–Crippen LogP) is 6.83. The molecular weight excluding hydrogens is 432 g/mol. The smallest absolute Gasteiger partial charge is 0.358 e. The second kappa shape index (κ2) is 8.03. The Kier molecular flexibility index (Phi) is 5.15. The van der Waals surface area contributed by atoms with Gasteiger partial charge in [-0.05, 0) is 54.2 Å². The van der Waals surface area contributed by atoms with Gasteiger partial charge in [0.25, 0.3) is 0 Å². The van der Waals surface area contributed by atoms with Crippen LogP contribution in [0.4, 0.5) is 23.2 Å². The Morgan fingerprint density at radius 1 is 1.06 bits per heavy atom. The Morgan fingerprint density at radius 3 is 2.61 bits per heavy atom. The highest BCUT2D eigenvalue weighted by atomic mass is 19.4. The van der Waals surface area contributed by atoms with Crippen molar-refractivity contribution in [3.05, 3.63) is 89.9 Å². The summed E-state index contributed by atoms with van der Waals surface area (Å²) in [5.74, 6) is 0.165. The number of pyridine rings is 2. The van der Waals surface area contributed by atoms with Crippen LogP contribution in [-0.2, 0) is 12.6 Å². The van der Waals surface area contributed by atoms with Gasteiger partial charge in [-0.3, -0.25) is 4.98 Å². The van der Waals surface area contributed by atoms with Crippen molar-refractivity contribution < 1.29 is 17.6 Å². The number of halogens is 4. The number of nitrogens with one attached hydrogen (secondary N) is 2. The molecule has 0 radical (unpaired) electrons. The van der Waals surface area contributed by atoms with E-state index in [-0.39, 0.29) is 12.1 Å². The molecule has 1 aromatic carbocycles. The van der Waals surface area contributed by atoms with Gasteiger partial charge in [-0.2, -0.15) is 13.2 Å². The van der Waals surface area contributed by atoms with Crippen LogP contribution in [0.2, 0.25) is 0 Å². The molecule has 4 aromatic rings. The summed E-state index contributed by atoms with van der Waals surface area (Å²) in [6.45, 7) is 3.81. The van der Waals surface area contributed by atoms with E-state index in [0.29, 0.717) is 22.7 Å². The van der Waals surface area contributed by atoms with Gasteiger partial charge in [0.1, 0.15) is 11.5 Å². The summed E-state index contributed by atoms with van der Waals surface area (Å²) < 4.78 is 53.4. The van der Waals surface area contributed by atoms with Crippen LogP contribution in [0.25, 0.3) is 22.2 Å². The lowest BCUT2D eigenvalue weighted by Crippen LogP contribution is -2.08. The van der Waals surface area contributed by atoms with Crippen molar-refractivity contribution in [3.8, 4) is 11.1 Å². The molecule has 0 saturated heterocycles. The number of aromatic amines is 1. The van der Waals surface area contributed by atoms with Crippen LogP contribution in [0.15, 0.2) is 67.3 Å². The highest BCUT2D eigenvalue weighted by Crippen LogP contribution is 2.40. The Balaban J connectivity index is 1.31. The zero-order valence-electron chi connectivity index (χ0n) is 17.5. The molecule has 0 unspecified atom stereocenters. The lowest BCUT2D eigenvalue weighted by Gasteiger charge is -2.13. The van der Waals surface area contributed by atoms with Crippen molar-refractivity contribution in [2.75, 3.05) is 5.32 Å². The fraction of sp³-hybridized carbons (Fsp3) is 0.200. The minimum absolute atomic E-state index is 0.113. The van der Waals surface area contributed by atoms with Crippen LogP contribution in [0.3, 0.4) is 0 Å². The number of hydrogen-bond acceptors (Lipinski definition) is 3. The third-order valence-corrected chi connectivity index (χ3v) is 5.69. The van der Waals surface area contributed by atoms with Crippen LogP contribution >= 0.6 is 0 Å². The first-order valence-corrected chi connectivity index (χ1v) is 10.5. The number of aromatic nitrogens is 3. The zero-order valence-corrected chi connectivity index (χ0v) is 17.5. The molecule has 8 heteroatoms. The normalized spacial score (nSPS) is 13.9. The molecule has 3 aromatic heterocycles. The number of H-pyrrole nitrogens is 1. The molecule has 1 saturated carbocycles. The van der Waals surface area contributed by atoms with Gasteiger partial charge >= 0.3 is 6.18 Å². The van der Waals surface area contributed by atoms with Crippen molar-refractivity contribution in [3.63, 3.8) is 0 Å². The Morgan fingerprint density at radius 2 is 1.88 bits per heavy atom. The number of fused-ring (bicyclic) bond motifs is 1. The number of alkyl halides is 3. The number of benzene rings is 1. The molecule has 168 valence electrons. The van der Waals surface area contributed by atoms with Crippen molar-refractivity contribution >= 4 is 16.7 Å². The lowest BCUT2D eigenvalue weighted by molar-refractivity contribution is -0.137. The summed E-state index contributed by atoms with van der Waals surface area (Å²) in [7, 11) is 0. The van der Waals surface area contributed by atoms with Crippen LogP contribution in [-0.4, -0.2) is 15.0 Å². The average Bonchev–Trinajstić information content (AvgIpc) is 3.53. The van der Waals surface area contributed by atoms with E-state index in [1.807, 2.05) is 6.07 Å². The third-order valence-electron chi connectivity index (χ3n) is 5.69. The number of hydrogen-bond donors (Lipinski definition) is 2. The van der Waals surface area contributed by atoms with Gasteiger partial charge in [-0.1, -0.05) is 18.7 Å². The molecule has 1 fully saturated rings. The molecule has 4 nitrogen and oxygen atoms in total. The largest absolute Gasteiger partial charge is 0.417 e. The van der Waals surface area contributed by atoms with Crippen LogP contribution in [0.1, 0.15) is 35.6 Å². The van der Waals surface area contributed by atoms with Crippen LogP contribution < -0.4 is 5.32 Å². The highest BCUT2D eigenvalue weighted by Gasteiger charge is 2.31. The van der Waals surface area contributed by atoms with Gasteiger partial charge in [-0.25, -0.2) is 9.37 Å². The predicted molar refractivity (Wildman–Crippen MR) is 119 cm³/mol. The molecule has 5 rings (SSSR count). The summed E-state index contributed by atoms with van der Waals surface area (Å²) in [6, 6.07) is 9.92. The van der Waals surface area contributed by atoms with Crippen molar-refractivity contribution in [1.82, 2.24) is 15.0 Å². The first-order valence-electron chi connectivity index (χ1n) is 10.5. The summed E-state index contributed by atoms with van der Waals surface area (Å²) in [4.78, 5) is 11.4. The minimum atomic E-state index is -4.49. The second-order valence-corrected chi connectivity index (χ2v) is 8.33. The monoisotopic (exact) mass is 452 g/mol. The summed E-state index contributed by atoms with van der Waals surface area (Å²) in [5, 5.41) is 3.77. The zero-order chi connectivity index (χ0) is 23.2. The molecule has 0 amide bonds. The Labute approximate surface area is 187 Å². The van der Waals surface area contributed by atoms with E-state index in [1.165, 1.54) is 30.8 Å². The number of anilines is 1. The van der Waals surface area contributed by atoms with E-state index in [2.05, 4.69) is 32.9 Å². The van der Waals surface area contributed by atoms with Gasteiger partial charge in [0.05, 0.1) is 17.4 Å². The van der Waals surface area contributed by atoms with E-state index < -0.39 is 17.6 Å². The van der Waals surface area contributed by atoms with Crippen LogP contribution in [0, 0.1) is 5.82 Å². The topological polar surface area (TPSA) is 53.6 Å². The molecule has 1 aliphatic carbocycles. The molecule has 1 aliphatic rings. The third kappa shape index (κ3) is 4.60. The van der Waals surface area contributed by atoms with Crippen molar-refractivity contribution in [2.45, 2.75) is 31.4 Å².